The van der Waals surface area contributed by atoms with Gasteiger partial charge in [-0.3, -0.25) is 14.9 Å². The second-order valence-electron chi connectivity index (χ2n) is 4.93. The van der Waals surface area contributed by atoms with Gasteiger partial charge in [-0.15, -0.1) is 0 Å². The quantitative estimate of drug-likeness (QED) is 0.375. The molecule has 0 radical (unpaired) electrons. The van der Waals surface area contributed by atoms with E-state index in [0.717, 1.165) is 6.07 Å². The minimum atomic E-state index is -1.10. The Kier molecular flexibility index (Phi) is 5.10. The second kappa shape index (κ2) is 7.23. The molecule has 0 bridgehead atoms. The lowest BCUT2D eigenvalue weighted by Gasteiger charge is -2.14. The van der Waals surface area contributed by atoms with Crippen LogP contribution in [0.15, 0.2) is 48.5 Å². The normalized spacial score (nSPS) is 11.4. The Morgan fingerprint density at radius 2 is 1.88 bits per heavy atom. The minimum absolute atomic E-state index is 0.0290. The number of nitrogens with two attached hydrogens (primary N) is 1. The molecule has 1 atom stereocenters. The number of amides is 1. The van der Waals surface area contributed by atoms with Crippen molar-refractivity contribution in [1.29, 1.82) is 0 Å². The lowest BCUT2D eigenvalue weighted by molar-refractivity contribution is -0.384. The Morgan fingerprint density at radius 1 is 1.21 bits per heavy atom. The molecule has 0 aliphatic rings. The molecule has 0 aliphatic carbocycles. The maximum Gasteiger partial charge on any atom is 0.341 e. The van der Waals surface area contributed by atoms with Gasteiger partial charge in [-0.05, 0) is 25.1 Å². The Labute approximate surface area is 137 Å². The van der Waals surface area contributed by atoms with Crippen LogP contribution in [0.2, 0.25) is 0 Å². The van der Waals surface area contributed by atoms with Crippen LogP contribution in [0, 0.1) is 10.1 Å². The van der Waals surface area contributed by atoms with Crippen LogP contribution in [0.25, 0.3) is 0 Å². The smallest absolute Gasteiger partial charge is 0.341 e. The molecule has 2 aromatic rings. The van der Waals surface area contributed by atoms with Crippen molar-refractivity contribution in [1.82, 2.24) is 0 Å². The number of nitrogens with one attached hydrogen (secondary N) is 1. The number of non-ortho nitro benzene ring substituents is 1. The number of nitro groups is 1. The SMILES string of the molecule is C[C@H](OC(=O)c1cc([N+](=O)[O-])ccc1N)C(=O)Nc1ccccc1. The highest BCUT2D eigenvalue weighted by Gasteiger charge is 2.22. The van der Waals surface area contributed by atoms with Crippen LogP contribution in [0.5, 0.6) is 0 Å². The van der Waals surface area contributed by atoms with Crippen LogP contribution in [0.3, 0.4) is 0 Å². The molecule has 1 amide bonds. The van der Waals surface area contributed by atoms with Crippen LogP contribution in [-0.4, -0.2) is 22.9 Å². The highest BCUT2D eigenvalue weighted by atomic mass is 16.6. The Hall–Kier alpha value is -3.42. The number of rotatable bonds is 5. The molecule has 8 nitrogen and oxygen atoms in total. The molecule has 0 unspecified atom stereocenters. The van der Waals surface area contributed by atoms with Crippen molar-refractivity contribution in [3.63, 3.8) is 0 Å². The van der Waals surface area contributed by atoms with E-state index in [-0.39, 0.29) is 16.9 Å². The third-order valence-corrected chi connectivity index (χ3v) is 3.16. The number of nitrogens with zero attached hydrogens (tertiary/aromatic N) is 1. The van der Waals surface area contributed by atoms with Gasteiger partial charge in [0.25, 0.3) is 11.6 Å². The summed E-state index contributed by atoms with van der Waals surface area (Å²) in [4.78, 5) is 34.2. The first-order chi connectivity index (χ1) is 11.4. The molecule has 3 N–H and O–H groups in total. The van der Waals surface area contributed by atoms with Gasteiger partial charge in [0.1, 0.15) is 0 Å². The molecule has 2 aromatic carbocycles. The lowest BCUT2D eigenvalue weighted by Crippen LogP contribution is -2.30. The van der Waals surface area contributed by atoms with Crippen LogP contribution >= 0.6 is 0 Å². The van der Waals surface area contributed by atoms with E-state index in [1.54, 1.807) is 30.3 Å². The van der Waals surface area contributed by atoms with Gasteiger partial charge in [0.05, 0.1) is 10.5 Å². The Morgan fingerprint density at radius 3 is 2.50 bits per heavy atom. The molecule has 0 aliphatic heterocycles. The van der Waals surface area contributed by atoms with Crippen LogP contribution < -0.4 is 11.1 Å². The van der Waals surface area contributed by atoms with Crippen molar-refractivity contribution in [2.45, 2.75) is 13.0 Å². The standard InChI is InChI=1S/C16H15N3O5/c1-10(15(20)18-11-5-3-2-4-6-11)24-16(21)13-9-12(19(22)23)7-8-14(13)17/h2-10H,17H2,1H3,(H,18,20)/t10-/m0/s1. The summed E-state index contributed by atoms with van der Waals surface area (Å²) in [6.45, 7) is 1.39. The molecular formula is C16H15N3O5. The van der Waals surface area contributed by atoms with Gasteiger partial charge >= 0.3 is 5.97 Å². The Bertz CT molecular complexity index is 777. The fourth-order valence-electron chi connectivity index (χ4n) is 1.88. The van der Waals surface area contributed by atoms with Crippen molar-refractivity contribution in [2.75, 3.05) is 11.1 Å². The van der Waals surface area contributed by atoms with Gasteiger partial charge in [-0.2, -0.15) is 0 Å². The zero-order valence-corrected chi connectivity index (χ0v) is 12.8. The molecule has 0 saturated heterocycles. The van der Waals surface area contributed by atoms with Crippen molar-refractivity contribution >= 4 is 28.9 Å². The molecule has 2 rings (SSSR count). The largest absolute Gasteiger partial charge is 0.449 e. The predicted octanol–water partition coefficient (Wildman–Crippen LogP) is 2.36. The number of nitro benzene ring substituents is 1. The molecule has 8 heteroatoms. The molecular weight excluding hydrogens is 314 g/mol. The second-order valence-corrected chi connectivity index (χ2v) is 4.93. The molecule has 124 valence electrons. The topological polar surface area (TPSA) is 125 Å². The van der Waals surface area contributed by atoms with E-state index >= 15 is 0 Å². The maximum atomic E-state index is 12.1. The fraction of sp³-hybridized carbons (Fsp3) is 0.125. The lowest BCUT2D eigenvalue weighted by atomic mass is 10.1. The van der Waals surface area contributed by atoms with Gasteiger partial charge < -0.3 is 15.8 Å². The molecule has 24 heavy (non-hydrogen) atoms. The van der Waals surface area contributed by atoms with E-state index in [2.05, 4.69) is 5.32 Å². The van der Waals surface area contributed by atoms with Gasteiger partial charge in [-0.1, -0.05) is 18.2 Å². The third-order valence-electron chi connectivity index (χ3n) is 3.16. The summed E-state index contributed by atoms with van der Waals surface area (Å²) in [6, 6.07) is 12.1. The monoisotopic (exact) mass is 329 g/mol. The maximum absolute atomic E-state index is 12.1. The van der Waals surface area contributed by atoms with Gasteiger partial charge in [0.15, 0.2) is 6.10 Å². The number of nitrogen functional groups attached to an aromatic ring is 1. The summed E-state index contributed by atoms with van der Waals surface area (Å²) < 4.78 is 5.03. The zero-order chi connectivity index (χ0) is 17.7. The van der Waals surface area contributed by atoms with Crippen molar-refractivity contribution in [2.24, 2.45) is 0 Å². The number of carbonyl (C=O) groups is 2. The van der Waals surface area contributed by atoms with Gasteiger partial charge in [-0.25, -0.2) is 4.79 Å². The number of benzene rings is 2. The van der Waals surface area contributed by atoms with Gasteiger partial charge in [0.2, 0.25) is 0 Å². The van der Waals surface area contributed by atoms with E-state index in [4.69, 9.17) is 10.5 Å². The van der Waals surface area contributed by atoms with Crippen LogP contribution in [0.1, 0.15) is 17.3 Å². The van der Waals surface area contributed by atoms with E-state index < -0.39 is 22.9 Å². The summed E-state index contributed by atoms with van der Waals surface area (Å²) in [5.41, 5.74) is 5.77. The first kappa shape index (κ1) is 16.9. The summed E-state index contributed by atoms with van der Waals surface area (Å²) in [5.74, 6) is -1.44. The zero-order valence-electron chi connectivity index (χ0n) is 12.8. The first-order valence-electron chi connectivity index (χ1n) is 6.99. The number of anilines is 2. The predicted molar refractivity (Wildman–Crippen MR) is 87.5 cm³/mol. The number of ether oxygens (including phenoxy) is 1. The highest BCUT2D eigenvalue weighted by Crippen LogP contribution is 2.21. The van der Waals surface area contributed by atoms with Crippen LogP contribution in [0.4, 0.5) is 17.1 Å². The summed E-state index contributed by atoms with van der Waals surface area (Å²) in [5, 5.41) is 13.4. The number of hydrogen-bond acceptors (Lipinski definition) is 6. The van der Waals surface area contributed by atoms with Crippen LogP contribution in [-0.2, 0) is 9.53 Å². The van der Waals surface area contributed by atoms with E-state index in [0.29, 0.717) is 5.69 Å². The number of esters is 1. The van der Waals surface area contributed by atoms with E-state index in [1.165, 1.54) is 19.1 Å². The van der Waals surface area contributed by atoms with E-state index in [1.807, 2.05) is 0 Å². The molecule has 0 spiro atoms. The fourth-order valence-corrected chi connectivity index (χ4v) is 1.88. The summed E-state index contributed by atoms with van der Waals surface area (Å²) in [6.07, 6.45) is -1.10. The van der Waals surface area contributed by atoms with Crippen molar-refractivity contribution < 1.29 is 19.2 Å². The van der Waals surface area contributed by atoms with Crippen molar-refractivity contribution in [3.05, 3.63) is 64.2 Å². The molecule has 0 aromatic heterocycles. The number of para-hydroxylation sites is 1. The average molecular weight is 329 g/mol. The molecule has 0 saturated carbocycles. The summed E-state index contributed by atoms with van der Waals surface area (Å²) >= 11 is 0. The minimum Gasteiger partial charge on any atom is -0.449 e. The average Bonchev–Trinajstić information content (AvgIpc) is 2.55. The number of hydrogen-bond donors (Lipinski definition) is 2. The third kappa shape index (κ3) is 4.07. The van der Waals surface area contributed by atoms with Gasteiger partial charge in [0, 0.05) is 23.5 Å². The van der Waals surface area contributed by atoms with E-state index in [9.17, 15) is 19.7 Å². The Balaban J connectivity index is 2.07. The highest BCUT2D eigenvalue weighted by molar-refractivity contribution is 5.99. The number of carbonyl (C=O) groups excluding carboxylic acids is 2. The molecule has 0 fully saturated rings. The first-order valence-corrected chi connectivity index (χ1v) is 6.99. The summed E-state index contributed by atoms with van der Waals surface area (Å²) in [7, 11) is 0. The molecule has 0 heterocycles. The van der Waals surface area contributed by atoms with Crippen molar-refractivity contribution in [3.8, 4) is 0 Å².